The van der Waals surface area contributed by atoms with Gasteiger partial charge in [0.1, 0.15) is 30.4 Å². The van der Waals surface area contributed by atoms with Crippen LogP contribution in [0.25, 0.3) is 22.3 Å². The number of aliphatic hydroxyl groups is 1. The molecule has 0 saturated heterocycles. The summed E-state index contributed by atoms with van der Waals surface area (Å²) in [6, 6.07) is 30.4. The summed E-state index contributed by atoms with van der Waals surface area (Å²) < 4.78 is 31.3. The number of nitrogens with two attached hydrogens (primary N) is 2. The SMILES string of the molecule is CC(C)C[C@H](NC(=O)OCC1c2ccccc2-c2ccccc21)C(=O)O.NCCC(O)(P(=O)([O-])[O-])P(=O)([O-])[O-].NCCCC[C@H](NC(=O)OCC1c2ccccc2-c2ccccc21)C(=O)O.[Na+].[Na+]. The van der Waals surface area contributed by atoms with Crippen molar-refractivity contribution in [2.45, 2.75) is 75.0 Å². The first-order chi connectivity index (χ1) is 31.1. The van der Waals surface area contributed by atoms with Gasteiger partial charge in [0.15, 0.2) is 0 Å². The number of fused-ring (bicyclic) bond motifs is 6. The second-order valence-corrected chi connectivity index (χ2v) is 19.8. The Morgan fingerprint density at radius 3 is 1.24 bits per heavy atom. The Bertz CT molecular complexity index is 2310. The van der Waals surface area contributed by atoms with E-state index in [9.17, 15) is 58.1 Å². The minimum atomic E-state index is -5.94. The summed E-state index contributed by atoms with van der Waals surface area (Å²) in [7, 11) is -11.9. The number of hydrogen-bond acceptors (Lipinski definition) is 15. The minimum Gasteiger partial charge on any atom is -0.808 e. The van der Waals surface area contributed by atoms with Crippen molar-refractivity contribution in [1.29, 1.82) is 0 Å². The molecule has 19 nitrogen and oxygen atoms in total. The Morgan fingerprint density at radius 2 is 0.956 bits per heavy atom. The first-order valence-electron chi connectivity index (χ1n) is 21.0. The number of unbranched alkanes of at least 4 members (excludes halogenated alkanes) is 1. The first-order valence-corrected chi connectivity index (χ1v) is 24.1. The second-order valence-electron chi connectivity index (χ2n) is 15.9. The molecule has 0 saturated carbocycles. The summed E-state index contributed by atoms with van der Waals surface area (Å²) in [5.74, 6) is -2.05. The third-order valence-corrected chi connectivity index (χ3v) is 14.5. The average Bonchev–Trinajstić information content (AvgIpc) is 3.76. The number of ether oxygens (including phenoxy) is 2. The molecule has 9 N–H and O–H groups in total. The van der Waals surface area contributed by atoms with Crippen LogP contribution in [0.4, 0.5) is 9.59 Å². The number of hydrogen-bond donors (Lipinski definition) is 7. The smallest absolute Gasteiger partial charge is 0.808 e. The Kier molecular flexibility index (Phi) is 24.8. The molecule has 0 fully saturated rings. The van der Waals surface area contributed by atoms with E-state index in [4.69, 9.17) is 26.0 Å². The van der Waals surface area contributed by atoms with Gasteiger partial charge in [-0.1, -0.05) is 111 Å². The van der Waals surface area contributed by atoms with Gasteiger partial charge in [0.25, 0.3) is 0 Å². The second kappa shape index (κ2) is 27.8. The van der Waals surface area contributed by atoms with E-state index in [0.29, 0.717) is 25.8 Å². The van der Waals surface area contributed by atoms with Crippen LogP contribution in [0.2, 0.25) is 0 Å². The standard InChI is InChI=1S/C21H24N2O4.C21H23NO4.C3H11NO7P2.2Na/c22-12-6-5-11-19(20(24)25)23-21(26)27-13-18-16-9-3-1-7-14(16)15-8-2-4-10-17(15)18;1-13(2)11-19(20(23)24)22-21(25)26-12-18-16-9-5-3-7-14(16)15-8-4-6-10-17(15)18;4-2-1-3(5,12(6,7)8)13(9,10)11;;/h1-4,7-10,18-19H,5-6,11-13,22H2,(H,23,26)(H,24,25);3-10,13,18-19H,11-12H2,1-2H3,(H,22,25)(H,23,24);5H,1-2,4H2,(H2,6,7,8)(H2,9,10,11);;/q;;;2*+1/p-4/t2*19-;;;/m00.../s1. The van der Waals surface area contributed by atoms with E-state index in [1.54, 1.807) is 0 Å². The van der Waals surface area contributed by atoms with E-state index in [0.717, 1.165) is 50.9 Å². The van der Waals surface area contributed by atoms with Gasteiger partial charge in [-0.3, -0.25) is 0 Å². The molecule has 2 aliphatic carbocycles. The largest absolute Gasteiger partial charge is 1.00 e. The molecule has 0 heterocycles. The first kappa shape index (κ1) is 60.7. The Balaban J connectivity index is 0.000000366. The van der Waals surface area contributed by atoms with Crippen LogP contribution in [0.15, 0.2) is 97.1 Å². The van der Waals surface area contributed by atoms with E-state index in [2.05, 4.69) is 34.9 Å². The fourth-order valence-electron chi connectivity index (χ4n) is 7.63. The molecule has 2 aliphatic rings. The molecular formula is C45H54N4Na2O15P2-2. The van der Waals surface area contributed by atoms with E-state index >= 15 is 0 Å². The summed E-state index contributed by atoms with van der Waals surface area (Å²) in [5.41, 5.74) is 19.3. The molecule has 6 rings (SSSR count). The Labute approximate surface area is 438 Å². The zero-order chi connectivity index (χ0) is 48.8. The van der Waals surface area contributed by atoms with Crippen molar-refractivity contribution in [2.75, 3.05) is 26.3 Å². The quantitative estimate of drug-likeness (QED) is 0.0296. The van der Waals surface area contributed by atoms with Crippen LogP contribution in [0.5, 0.6) is 0 Å². The molecule has 358 valence electrons. The molecule has 2 atom stereocenters. The van der Waals surface area contributed by atoms with Crippen molar-refractivity contribution in [3.05, 3.63) is 119 Å². The number of rotatable bonds is 18. The van der Waals surface area contributed by atoms with Gasteiger partial charge in [-0.05, 0) is 111 Å². The predicted octanol–water partition coefficient (Wildman–Crippen LogP) is -3.05. The van der Waals surface area contributed by atoms with Crippen LogP contribution in [0.3, 0.4) is 0 Å². The van der Waals surface area contributed by atoms with Gasteiger partial charge in [-0.25, -0.2) is 19.2 Å². The monoisotopic (exact) mass is 998 g/mol. The van der Waals surface area contributed by atoms with Gasteiger partial charge in [0.2, 0.25) is 0 Å². The van der Waals surface area contributed by atoms with E-state index in [1.807, 2.05) is 86.6 Å². The molecule has 4 aromatic rings. The normalized spacial score (nSPS) is 13.4. The summed E-state index contributed by atoms with van der Waals surface area (Å²) in [5, 5.41) is 28.4. The molecule has 0 aromatic heterocycles. The van der Waals surface area contributed by atoms with Crippen molar-refractivity contribution in [3.63, 3.8) is 0 Å². The topological polar surface area (TPSA) is 350 Å². The number of carboxylic acid groups (broad SMARTS) is 2. The molecule has 68 heavy (non-hydrogen) atoms. The zero-order valence-corrected chi connectivity index (χ0v) is 44.1. The zero-order valence-electron chi connectivity index (χ0n) is 38.3. The molecule has 4 aromatic carbocycles. The van der Waals surface area contributed by atoms with E-state index < -0.39 is 69.4 Å². The Hall–Kier alpha value is -3.46. The number of nitrogens with one attached hydrogen (secondary N) is 2. The van der Waals surface area contributed by atoms with E-state index in [1.165, 1.54) is 0 Å². The third-order valence-electron chi connectivity index (χ3n) is 10.9. The molecule has 0 unspecified atom stereocenters. The number of amides is 2. The van der Waals surface area contributed by atoms with Crippen molar-refractivity contribution >= 4 is 39.3 Å². The number of carbonyl (C=O) groups excluding carboxylic acids is 2. The fourth-order valence-corrected chi connectivity index (χ4v) is 9.63. The maximum Gasteiger partial charge on any atom is 1.00 e. The molecule has 0 bridgehead atoms. The molecule has 2 amide bonds. The van der Waals surface area contributed by atoms with Crippen LogP contribution in [0.1, 0.15) is 80.0 Å². The summed E-state index contributed by atoms with van der Waals surface area (Å²) >= 11 is 0. The summed E-state index contributed by atoms with van der Waals surface area (Å²) in [6.07, 6.45) is -0.484. The van der Waals surface area contributed by atoms with Crippen LogP contribution in [-0.4, -0.2) is 82.9 Å². The van der Waals surface area contributed by atoms with Gasteiger partial charge in [-0.15, -0.1) is 0 Å². The maximum atomic E-state index is 12.1. The number of carbonyl (C=O) groups is 4. The van der Waals surface area contributed by atoms with Crippen molar-refractivity contribution in [2.24, 2.45) is 17.4 Å². The van der Waals surface area contributed by atoms with Gasteiger partial charge in [0.05, 0.1) is 0 Å². The third kappa shape index (κ3) is 16.0. The average molecular weight is 999 g/mol. The maximum absolute atomic E-state index is 12.1. The van der Waals surface area contributed by atoms with Gasteiger partial charge >= 0.3 is 83.2 Å². The molecule has 0 radical (unpaired) electrons. The number of carboxylic acids is 2. The molecule has 0 spiro atoms. The number of aliphatic carboxylic acids is 2. The summed E-state index contributed by atoms with van der Waals surface area (Å²) in [6.45, 7) is 4.05. The van der Waals surface area contributed by atoms with Gasteiger partial charge in [0, 0.05) is 11.8 Å². The number of benzene rings is 4. The number of alkyl carbamates (subject to hydrolysis) is 2. The van der Waals surface area contributed by atoms with Crippen molar-refractivity contribution in [1.82, 2.24) is 10.6 Å². The predicted molar refractivity (Wildman–Crippen MR) is 235 cm³/mol. The van der Waals surface area contributed by atoms with Crippen molar-refractivity contribution in [3.8, 4) is 22.3 Å². The molecule has 23 heteroatoms. The van der Waals surface area contributed by atoms with E-state index in [-0.39, 0.29) is 90.1 Å². The van der Waals surface area contributed by atoms with Crippen LogP contribution in [0, 0.1) is 5.92 Å². The fraction of sp³-hybridized carbons (Fsp3) is 0.378. The van der Waals surface area contributed by atoms with Crippen LogP contribution >= 0.6 is 15.2 Å². The minimum absolute atomic E-state index is 0. The van der Waals surface area contributed by atoms with Crippen LogP contribution in [-0.2, 0) is 28.2 Å². The molecule has 0 aliphatic heterocycles. The van der Waals surface area contributed by atoms with Crippen molar-refractivity contribution < 1.29 is 132 Å². The van der Waals surface area contributed by atoms with Gasteiger partial charge < -0.3 is 75.6 Å². The molecular weight excluding hydrogens is 944 g/mol. The van der Waals surface area contributed by atoms with Gasteiger partial charge in [-0.2, -0.15) is 0 Å². The Morgan fingerprint density at radius 1 is 0.618 bits per heavy atom. The van der Waals surface area contributed by atoms with Crippen LogP contribution < -0.4 is 101 Å². The summed E-state index contributed by atoms with van der Waals surface area (Å²) in [4.78, 5) is 88.0.